The summed E-state index contributed by atoms with van der Waals surface area (Å²) < 4.78 is 5.34. The lowest BCUT2D eigenvalue weighted by Crippen LogP contribution is -2.30. The molecule has 1 amide bonds. The second-order valence-corrected chi connectivity index (χ2v) is 5.71. The molecule has 20 heavy (non-hydrogen) atoms. The first-order valence-corrected chi connectivity index (χ1v) is 7.48. The molecule has 0 saturated heterocycles. The Morgan fingerprint density at radius 3 is 2.60 bits per heavy atom. The highest BCUT2D eigenvalue weighted by Gasteiger charge is 2.13. The number of rotatable bonds is 5. The van der Waals surface area contributed by atoms with Crippen LogP contribution in [0.25, 0.3) is 0 Å². The Morgan fingerprint density at radius 1 is 1.25 bits per heavy atom. The molecule has 0 radical (unpaired) electrons. The smallest absolute Gasteiger partial charge is 0.268 e. The van der Waals surface area contributed by atoms with E-state index in [-0.39, 0.29) is 5.91 Å². The zero-order valence-electron chi connectivity index (χ0n) is 11.6. The Balaban J connectivity index is 1.96. The molecular formula is C15H18N2O2S. The van der Waals surface area contributed by atoms with Crippen LogP contribution in [-0.2, 0) is 11.5 Å². The van der Waals surface area contributed by atoms with E-state index in [0.717, 1.165) is 5.75 Å². The molecule has 0 aliphatic carbocycles. The van der Waals surface area contributed by atoms with Crippen LogP contribution in [0.2, 0.25) is 0 Å². The second kappa shape index (κ2) is 6.63. The number of nitrogens with two attached hydrogens (primary N) is 1. The zero-order chi connectivity index (χ0) is 14.5. The van der Waals surface area contributed by atoms with E-state index in [1.54, 1.807) is 17.8 Å². The minimum absolute atomic E-state index is 0.319. The van der Waals surface area contributed by atoms with Crippen molar-refractivity contribution in [2.75, 3.05) is 0 Å². The number of hydrogen-bond donors (Lipinski definition) is 2. The van der Waals surface area contributed by atoms with Crippen molar-refractivity contribution in [3.8, 4) is 0 Å². The van der Waals surface area contributed by atoms with Gasteiger partial charge in [-0.3, -0.25) is 10.2 Å². The Bertz CT molecular complexity index is 587. The maximum absolute atomic E-state index is 11.5. The Morgan fingerprint density at radius 2 is 1.95 bits per heavy atom. The molecule has 0 aliphatic heterocycles. The highest BCUT2D eigenvalue weighted by Crippen LogP contribution is 2.22. The normalized spacial score (nSPS) is 10.6. The minimum atomic E-state index is -0.319. The van der Waals surface area contributed by atoms with Gasteiger partial charge in [-0.05, 0) is 25.5 Å². The number of nitrogen functional groups attached to an aromatic ring is 1. The van der Waals surface area contributed by atoms with Gasteiger partial charge in [0.15, 0.2) is 0 Å². The van der Waals surface area contributed by atoms with E-state index < -0.39 is 0 Å². The molecule has 0 spiro atoms. The van der Waals surface area contributed by atoms with Gasteiger partial charge in [-0.2, -0.15) is 0 Å². The molecule has 2 rings (SSSR count). The number of carbonyl (C=O) groups excluding carboxylic acids is 1. The number of nitrogens with one attached hydrogen (secondary N) is 1. The van der Waals surface area contributed by atoms with Gasteiger partial charge >= 0.3 is 0 Å². The molecule has 0 unspecified atom stereocenters. The maximum atomic E-state index is 11.5. The van der Waals surface area contributed by atoms with E-state index in [2.05, 4.69) is 37.5 Å². The standard InChI is InChI=1S/C15H18N2O2S/c1-10-5-11(2)7-12(6-10)8-20-9-14-13(3-4-19-14)15(18)17-16/h3-7H,8-9,16H2,1-2H3,(H,17,18). The molecule has 106 valence electrons. The van der Waals surface area contributed by atoms with Crippen LogP contribution in [0.1, 0.15) is 32.8 Å². The van der Waals surface area contributed by atoms with Gasteiger partial charge in [-0.25, -0.2) is 5.84 Å². The molecule has 1 heterocycles. The summed E-state index contributed by atoms with van der Waals surface area (Å²) in [6.07, 6.45) is 1.51. The third kappa shape index (κ3) is 3.65. The molecule has 1 aromatic carbocycles. The predicted molar refractivity (Wildman–Crippen MR) is 81.3 cm³/mol. The van der Waals surface area contributed by atoms with E-state index in [1.165, 1.54) is 23.0 Å². The maximum Gasteiger partial charge on any atom is 0.268 e. The summed E-state index contributed by atoms with van der Waals surface area (Å²) in [5.41, 5.74) is 6.44. The molecule has 1 aromatic heterocycles. The van der Waals surface area contributed by atoms with Crippen molar-refractivity contribution in [1.29, 1.82) is 0 Å². The highest BCUT2D eigenvalue weighted by atomic mass is 32.2. The van der Waals surface area contributed by atoms with E-state index in [1.807, 2.05) is 0 Å². The molecule has 0 atom stereocenters. The van der Waals surface area contributed by atoms with Gasteiger partial charge < -0.3 is 4.42 Å². The quantitative estimate of drug-likeness (QED) is 0.505. The predicted octanol–water partition coefficient (Wildman–Crippen LogP) is 2.93. The van der Waals surface area contributed by atoms with Crippen molar-refractivity contribution in [2.45, 2.75) is 25.4 Å². The molecule has 0 bridgehead atoms. The summed E-state index contributed by atoms with van der Waals surface area (Å²) in [5, 5.41) is 0. The number of amides is 1. The van der Waals surface area contributed by atoms with E-state index in [9.17, 15) is 4.79 Å². The number of hydrogen-bond acceptors (Lipinski definition) is 4. The number of furan rings is 1. The largest absolute Gasteiger partial charge is 0.468 e. The SMILES string of the molecule is Cc1cc(C)cc(CSCc2occc2C(=O)NN)c1. The van der Waals surface area contributed by atoms with Crippen LogP contribution < -0.4 is 11.3 Å². The van der Waals surface area contributed by atoms with Crippen LogP contribution >= 0.6 is 11.8 Å². The average Bonchev–Trinajstić information content (AvgIpc) is 2.85. The van der Waals surface area contributed by atoms with Crippen molar-refractivity contribution in [3.05, 3.63) is 58.5 Å². The Labute approximate surface area is 122 Å². The molecule has 5 heteroatoms. The van der Waals surface area contributed by atoms with Crippen LogP contribution in [-0.4, -0.2) is 5.91 Å². The van der Waals surface area contributed by atoms with Crippen molar-refractivity contribution in [1.82, 2.24) is 5.43 Å². The van der Waals surface area contributed by atoms with Gasteiger partial charge in [0.25, 0.3) is 5.91 Å². The molecule has 2 aromatic rings. The fourth-order valence-corrected chi connectivity index (χ4v) is 3.06. The van der Waals surface area contributed by atoms with Gasteiger partial charge in [-0.15, -0.1) is 11.8 Å². The molecule has 0 aliphatic rings. The topological polar surface area (TPSA) is 68.3 Å². The number of thioether (sulfide) groups is 1. The summed E-state index contributed by atoms with van der Waals surface area (Å²) in [7, 11) is 0. The van der Waals surface area contributed by atoms with Crippen molar-refractivity contribution in [3.63, 3.8) is 0 Å². The van der Waals surface area contributed by atoms with Gasteiger partial charge in [0, 0.05) is 5.75 Å². The lowest BCUT2D eigenvalue weighted by atomic mass is 10.1. The third-order valence-electron chi connectivity index (χ3n) is 2.90. The van der Waals surface area contributed by atoms with Crippen molar-refractivity contribution in [2.24, 2.45) is 5.84 Å². The van der Waals surface area contributed by atoms with Gasteiger partial charge in [0.2, 0.25) is 0 Å². The number of benzene rings is 1. The number of hydrazine groups is 1. The fraction of sp³-hybridized carbons (Fsp3) is 0.267. The van der Waals surface area contributed by atoms with Crippen molar-refractivity contribution < 1.29 is 9.21 Å². The summed E-state index contributed by atoms with van der Waals surface area (Å²) in [4.78, 5) is 11.5. The first-order valence-electron chi connectivity index (χ1n) is 6.32. The summed E-state index contributed by atoms with van der Waals surface area (Å²) in [5.74, 6) is 7.00. The van der Waals surface area contributed by atoms with E-state index >= 15 is 0 Å². The van der Waals surface area contributed by atoms with Crippen LogP contribution in [0, 0.1) is 13.8 Å². The van der Waals surface area contributed by atoms with Crippen LogP contribution in [0.4, 0.5) is 0 Å². The lowest BCUT2D eigenvalue weighted by Gasteiger charge is -2.05. The molecule has 0 saturated carbocycles. The summed E-state index contributed by atoms with van der Waals surface area (Å²) >= 11 is 1.71. The summed E-state index contributed by atoms with van der Waals surface area (Å²) in [6, 6.07) is 8.14. The monoisotopic (exact) mass is 290 g/mol. The van der Waals surface area contributed by atoms with Gasteiger partial charge in [-0.1, -0.05) is 29.3 Å². The Kier molecular flexibility index (Phi) is 4.87. The number of aryl methyl sites for hydroxylation is 2. The lowest BCUT2D eigenvalue weighted by molar-refractivity contribution is 0.0952. The van der Waals surface area contributed by atoms with Gasteiger partial charge in [0.05, 0.1) is 17.6 Å². The first kappa shape index (κ1) is 14.7. The third-order valence-corrected chi connectivity index (χ3v) is 3.91. The van der Waals surface area contributed by atoms with E-state index in [0.29, 0.717) is 17.1 Å². The Hall–Kier alpha value is -1.72. The molecule has 3 N–H and O–H groups in total. The zero-order valence-corrected chi connectivity index (χ0v) is 12.4. The van der Waals surface area contributed by atoms with Crippen LogP contribution in [0.15, 0.2) is 34.9 Å². The van der Waals surface area contributed by atoms with Crippen LogP contribution in [0.5, 0.6) is 0 Å². The van der Waals surface area contributed by atoms with E-state index in [4.69, 9.17) is 10.3 Å². The average molecular weight is 290 g/mol. The fourth-order valence-electron chi connectivity index (χ4n) is 2.15. The van der Waals surface area contributed by atoms with Crippen molar-refractivity contribution >= 4 is 17.7 Å². The summed E-state index contributed by atoms with van der Waals surface area (Å²) in [6.45, 7) is 4.19. The minimum Gasteiger partial charge on any atom is -0.468 e. The second-order valence-electron chi connectivity index (χ2n) is 4.72. The first-order chi connectivity index (χ1) is 9.60. The number of carbonyl (C=O) groups is 1. The highest BCUT2D eigenvalue weighted by molar-refractivity contribution is 7.97. The molecule has 0 fully saturated rings. The van der Waals surface area contributed by atoms with Crippen LogP contribution in [0.3, 0.4) is 0 Å². The van der Waals surface area contributed by atoms with Gasteiger partial charge in [0.1, 0.15) is 5.76 Å². The molecule has 4 nitrogen and oxygen atoms in total. The molecular weight excluding hydrogens is 272 g/mol.